The minimum Gasteiger partial charge on any atom is -0.366 e. The van der Waals surface area contributed by atoms with E-state index >= 15 is 0 Å². The van der Waals surface area contributed by atoms with Crippen molar-refractivity contribution >= 4 is 17.5 Å². The first-order chi connectivity index (χ1) is 9.06. The summed E-state index contributed by atoms with van der Waals surface area (Å²) in [5, 5.41) is 2.56. The van der Waals surface area contributed by atoms with Crippen molar-refractivity contribution in [1.82, 2.24) is 4.98 Å². The van der Waals surface area contributed by atoms with Gasteiger partial charge < -0.3 is 16.0 Å². The predicted molar refractivity (Wildman–Crippen MR) is 70.0 cm³/mol. The summed E-state index contributed by atoms with van der Waals surface area (Å²) in [6.07, 6.45) is 0. The zero-order chi connectivity index (χ0) is 13.8. The van der Waals surface area contributed by atoms with Gasteiger partial charge in [-0.3, -0.25) is 14.4 Å². The lowest BCUT2D eigenvalue weighted by Crippen LogP contribution is -2.18. The fraction of sp³-hybridized carbons (Fsp3) is 0. The molecule has 4 N–H and O–H groups in total. The highest BCUT2D eigenvalue weighted by Gasteiger charge is 2.08. The van der Waals surface area contributed by atoms with Gasteiger partial charge in [0, 0.05) is 17.3 Å². The number of anilines is 1. The van der Waals surface area contributed by atoms with E-state index in [9.17, 15) is 14.4 Å². The minimum atomic E-state index is -0.579. The van der Waals surface area contributed by atoms with E-state index in [4.69, 9.17) is 5.73 Å². The summed E-state index contributed by atoms with van der Waals surface area (Å²) in [6.45, 7) is 0. The van der Waals surface area contributed by atoms with Crippen LogP contribution in [0, 0.1) is 0 Å². The van der Waals surface area contributed by atoms with Crippen molar-refractivity contribution < 1.29 is 9.59 Å². The molecule has 1 heterocycles. The van der Waals surface area contributed by atoms with Crippen LogP contribution in [0.4, 0.5) is 5.69 Å². The molecule has 6 heteroatoms. The molecule has 0 radical (unpaired) electrons. The molecule has 0 spiro atoms. The summed E-state index contributed by atoms with van der Waals surface area (Å²) >= 11 is 0. The Balaban J connectivity index is 2.22. The third-order valence-electron chi connectivity index (χ3n) is 2.42. The summed E-state index contributed by atoms with van der Waals surface area (Å²) in [7, 11) is 0. The molecular weight excluding hydrogens is 246 g/mol. The molecule has 0 unspecified atom stereocenters. The summed E-state index contributed by atoms with van der Waals surface area (Å²) in [6, 6.07) is 10.5. The molecule has 96 valence electrons. The van der Waals surface area contributed by atoms with Gasteiger partial charge in [-0.15, -0.1) is 0 Å². The van der Waals surface area contributed by atoms with Gasteiger partial charge >= 0.3 is 0 Å². The molecular formula is C13H11N3O3. The summed E-state index contributed by atoms with van der Waals surface area (Å²) in [5.74, 6) is -1.05. The Morgan fingerprint density at radius 3 is 2.53 bits per heavy atom. The minimum absolute atomic E-state index is 0.136. The number of rotatable bonds is 3. The van der Waals surface area contributed by atoms with E-state index in [1.165, 1.54) is 24.3 Å². The Hall–Kier alpha value is -2.89. The summed E-state index contributed by atoms with van der Waals surface area (Å²) in [5.41, 5.74) is 5.63. The molecule has 2 aromatic rings. The third kappa shape index (κ3) is 3.06. The Bertz CT molecular complexity index is 691. The van der Waals surface area contributed by atoms with Gasteiger partial charge in [0.05, 0.1) is 0 Å². The number of pyridine rings is 1. The highest BCUT2D eigenvalue weighted by molar-refractivity contribution is 6.03. The molecule has 19 heavy (non-hydrogen) atoms. The van der Waals surface area contributed by atoms with Crippen LogP contribution >= 0.6 is 0 Å². The molecule has 0 aliphatic rings. The van der Waals surface area contributed by atoms with Crippen LogP contribution in [0.2, 0.25) is 0 Å². The van der Waals surface area contributed by atoms with Crippen LogP contribution in [0.25, 0.3) is 0 Å². The van der Waals surface area contributed by atoms with E-state index < -0.39 is 11.8 Å². The van der Waals surface area contributed by atoms with E-state index in [1.54, 1.807) is 18.2 Å². The quantitative estimate of drug-likeness (QED) is 0.754. The molecule has 0 fully saturated rings. The number of aromatic amines is 1. The van der Waals surface area contributed by atoms with Crippen LogP contribution in [0.3, 0.4) is 0 Å². The molecule has 1 aromatic heterocycles. The molecule has 0 bridgehead atoms. The number of hydrogen-bond donors (Lipinski definition) is 3. The van der Waals surface area contributed by atoms with Gasteiger partial charge in [-0.2, -0.15) is 0 Å². The number of amides is 2. The second-order valence-electron chi connectivity index (χ2n) is 3.83. The predicted octanol–water partition coefficient (Wildman–Crippen LogP) is 0.726. The van der Waals surface area contributed by atoms with Crippen LogP contribution < -0.4 is 16.6 Å². The normalized spacial score (nSPS) is 9.89. The number of benzene rings is 1. The zero-order valence-electron chi connectivity index (χ0n) is 9.84. The lowest BCUT2D eigenvalue weighted by molar-refractivity contribution is 0.0995. The van der Waals surface area contributed by atoms with Crippen molar-refractivity contribution in [2.24, 2.45) is 5.73 Å². The maximum atomic E-state index is 11.9. The van der Waals surface area contributed by atoms with Crippen LogP contribution in [0.5, 0.6) is 0 Å². The van der Waals surface area contributed by atoms with Crippen molar-refractivity contribution in [3.63, 3.8) is 0 Å². The Morgan fingerprint density at radius 2 is 1.84 bits per heavy atom. The first-order valence-corrected chi connectivity index (χ1v) is 5.47. The monoisotopic (exact) mass is 257 g/mol. The van der Waals surface area contributed by atoms with Crippen molar-refractivity contribution in [1.29, 1.82) is 0 Å². The van der Waals surface area contributed by atoms with Crippen molar-refractivity contribution in [3.8, 4) is 0 Å². The van der Waals surface area contributed by atoms with Crippen molar-refractivity contribution in [2.45, 2.75) is 0 Å². The molecule has 6 nitrogen and oxygen atoms in total. The molecule has 0 saturated carbocycles. The fourth-order valence-corrected chi connectivity index (χ4v) is 1.53. The zero-order valence-corrected chi connectivity index (χ0v) is 9.84. The smallest absolute Gasteiger partial charge is 0.272 e. The first-order valence-electron chi connectivity index (χ1n) is 5.47. The molecule has 2 rings (SSSR count). The Kier molecular flexibility index (Phi) is 3.42. The van der Waals surface area contributed by atoms with Crippen LogP contribution in [-0.2, 0) is 0 Å². The fourth-order valence-electron chi connectivity index (χ4n) is 1.53. The van der Waals surface area contributed by atoms with E-state index in [-0.39, 0.29) is 11.3 Å². The third-order valence-corrected chi connectivity index (χ3v) is 2.42. The SMILES string of the molecule is NC(=O)c1cccc(NC(=O)c2cccc(=O)[nH]2)c1. The molecule has 0 aliphatic carbocycles. The highest BCUT2D eigenvalue weighted by Crippen LogP contribution is 2.11. The molecule has 0 saturated heterocycles. The number of hydrogen-bond acceptors (Lipinski definition) is 3. The van der Waals surface area contributed by atoms with Gasteiger partial charge in [0.25, 0.3) is 5.91 Å². The first kappa shape index (κ1) is 12.6. The number of primary amides is 1. The Morgan fingerprint density at radius 1 is 1.11 bits per heavy atom. The van der Waals surface area contributed by atoms with Gasteiger partial charge in [0.15, 0.2) is 0 Å². The van der Waals surface area contributed by atoms with Gasteiger partial charge in [0.2, 0.25) is 11.5 Å². The van der Waals surface area contributed by atoms with Gasteiger partial charge in [0.1, 0.15) is 5.69 Å². The average molecular weight is 257 g/mol. The van der Waals surface area contributed by atoms with E-state index in [2.05, 4.69) is 10.3 Å². The second-order valence-corrected chi connectivity index (χ2v) is 3.83. The maximum Gasteiger partial charge on any atom is 0.272 e. The van der Waals surface area contributed by atoms with Crippen LogP contribution in [0.15, 0.2) is 47.3 Å². The van der Waals surface area contributed by atoms with Gasteiger partial charge in [-0.05, 0) is 24.3 Å². The van der Waals surface area contributed by atoms with Crippen LogP contribution in [0.1, 0.15) is 20.8 Å². The average Bonchev–Trinajstić information content (AvgIpc) is 2.39. The number of carbonyl (C=O) groups is 2. The lowest BCUT2D eigenvalue weighted by Gasteiger charge is -2.05. The number of carbonyl (C=O) groups excluding carboxylic acids is 2. The molecule has 0 atom stereocenters. The standard InChI is InChI=1S/C13H11N3O3/c14-12(18)8-3-1-4-9(7-8)15-13(19)10-5-2-6-11(17)16-10/h1-7H,(H2,14,18)(H,15,19)(H,16,17). The van der Waals surface area contributed by atoms with Crippen LogP contribution in [-0.4, -0.2) is 16.8 Å². The van der Waals surface area contributed by atoms with Gasteiger partial charge in [-0.1, -0.05) is 12.1 Å². The molecule has 1 aromatic carbocycles. The summed E-state index contributed by atoms with van der Waals surface area (Å²) < 4.78 is 0. The number of aromatic nitrogens is 1. The lowest BCUT2D eigenvalue weighted by atomic mass is 10.2. The largest absolute Gasteiger partial charge is 0.366 e. The molecule has 0 aliphatic heterocycles. The maximum absolute atomic E-state index is 11.9. The number of nitrogens with one attached hydrogen (secondary N) is 2. The van der Waals surface area contributed by atoms with Gasteiger partial charge in [-0.25, -0.2) is 0 Å². The summed E-state index contributed by atoms with van der Waals surface area (Å²) in [4.78, 5) is 36.4. The van der Waals surface area contributed by atoms with Crippen molar-refractivity contribution in [3.05, 3.63) is 64.1 Å². The van der Waals surface area contributed by atoms with E-state index in [0.29, 0.717) is 11.3 Å². The molecule has 2 amide bonds. The highest BCUT2D eigenvalue weighted by atomic mass is 16.2. The number of H-pyrrole nitrogens is 1. The van der Waals surface area contributed by atoms with Crippen molar-refractivity contribution in [2.75, 3.05) is 5.32 Å². The van der Waals surface area contributed by atoms with E-state index in [0.717, 1.165) is 0 Å². The van der Waals surface area contributed by atoms with E-state index in [1.807, 2.05) is 0 Å². The Labute approximate surface area is 108 Å². The number of nitrogens with two attached hydrogens (primary N) is 1. The second kappa shape index (κ2) is 5.18. The topological polar surface area (TPSA) is 105 Å².